The van der Waals surface area contributed by atoms with Crippen LogP contribution in [0.15, 0.2) is 52.1 Å². The average Bonchev–Trinajstić information content (AvgIpc) is 3.17. The molecule has 1 saturated heterocycles. The number of amides is 2. The predicted molar refractivity (Wildman–Crippen MR) is 118 cm³/mol. The number of benzene rings is 2. The van der Waals surface area contributed by atoms with Crippen molar-refractivity contribution in [1.29, 1.82) is 0 Å². The van der Waals surface area contributed by atoms with E-state index in [1.54, 1.807) is 12.1 Å². The second-order valence-corrected chi connectivity index (χ2v) is 8.87. The SMILES string of the molecule is Cc1cc(C(=O)N2CCSCC2)ccc1NC(=O)CSc1nc2ccccc2o1. The Labute approximate surface area is 177 Å². The molecule has 0 bridgehead atoms. The molecular formula is C21H21N3O3S2. The van der Waals surface area contributed by atoms with Crippen molar-refractivity contribution in [3.05, 3.63) is 53.6 Å². The summed E-state index contributed by atoms with van der Waals surface area (Å²) in [4.78, 5) is 31.2. The van der Waals surface area contributed by atoms with Crippen LogP contribution in [0.3, 0.4) is 0 Å². The van der Waals surface area contributed by atoms with Gasteiger partial charge in [-0.05, 0) is 42.8 Å². The van der Waals surface area contributed by atoms with Gasteiger partial charge in [0.25, 0.3) is 11.1 Å². The highest BCUT2D eigenvalue weighted by molar-refractivity contribution is 7.99. The maximum Gasteiger partial charge on any atom is 0.257 e. The monoisotopic (exact) mass is 427 g/mol. The fourth-order valence-electron chi connectivity index (χ4n) is 3.11. The van der Waals surface area contributed by atoms with Crippen LogP contribution in [-0.2, 0) is 4.79 Å². The van der Waals surface area contributed by atoms with E-state index in [0.29, 0.717) is 22.1 Å². The van der Waals surface area contributed by atoms with E-state index in [1.807, 2.05) is 53.9 Å². The Morgan fingerprint density at radius 1 is 1.21 bits per heavy atom. The number of thioether (sulfide) groups is 2. The number of para-hydroxylation sites is 2. The fourth-order valence-corrected chi connectivity index (χ4v) is 4.65. The Kier molecular flexibility index (Phi) is 6.10. The van der Waals surface area contributed by atoms with Gasteiger partial charge in [0.2, 0.25) is 5.91 Å². The van der Waals surface area contributed by atoms with Gasteiger partial charge in [-0.3, -0.25) is 9.59 Å². The summed E-state index contributed by atoms with van der Waals surface area (Å²) in [5.74, 6) is 2.07. The first-order valence-corrected chi connectivity index (χ1v) is 11.5. The minimum Gasteiger partial charge on any atom is -0.431 e. The summed E-state index contributed by atoms with van der Waals surface area (Å²) in [6.45, 7) is 3.47. The number of aromatic nitrogens is 1. The van der Waals surface area contributed by atoms with Crippen molar-refractivity contribution in [3.8, 4) is 0 Å². The molecule has 4 rings (SSSR count). The zero-order chi connectivity index (χ0) is 20.2. The van der Waals surface area contributed by atoms with Crippen LogP contribution in [-0.4, -0.2) is 52.0 Å². The molecule has 2 aromatic carbocycles. The van der Waals surface area contributed by atoms with E-state index in [0.717, 1.165) is 35.7 Å². The van der Waals surface area contributed by atoms with E-state index in [2.05, 4.69) is 10.3 Å². The van der Waals surface area contributed by atoms with Crippen LogP contribution < -0.4 is 5.32 Å². The molecule has 1 fully saturated rings. The van der Waals surface area contributed by atoms with E-state index >= 15 is 0 Å². The van der Waals surface area contributed by atoms with Crippen molar-refractivity contribution in [1.82, 2.24) is 9.88 Å². The standard InChI is InChI=1S/C21H21N3O3S2/c1-14-12-15(20(26)24-8-10-28-11-9-24)6-7-16(14)22-19(25)13-29-21-23-17-4-2-3-5-18(17)27-21/h2-7,12H,8-11,13H2,1H3,(H,22,25). The number of fused-ring (bicyclic) bond motifs is 1. The number of anilines is 1. The van der Waals surface area contributed by atoms with Crippen molar-refractivity contribution in [2.45, 2.75) is 12.1 Å². The molecule has 0 unspecified atom stereocenters. The Morgan fingerprint density at radius 3 is 2.76 bits per heavy atom. The van der Waals surface area contributed by atoms with Gasteiger partial charge >= 0.3 is 0 Å². The van der Waals surface area contributed by atoms with Gasteiger partial charge in [0, 0.05) is 35.8 Å². The molecule has 2 amide bonds. The van der Waals surface area contributed by atoms with E-state index in [-0.39, 0.29) is 17.6 Å². The van der Waals surface area contributed by atoms with Gasteiger partial charge in [-0.1, -0.05) is 23.9 Å². The number of nitrogens with zero attached hydrogens (tertiary/aromatic N) is 2. The van der Waals surface area contributed by atoms with Gasteiger partial charge in [-0.2, -0.15) is 11.8 Å². The number of nitrogens with one attached hydrogen (secondary N) is 1. The lowest BCUT2D eigenvalue weighted by Crippen LogP contribution is -2.37. The lowest BCUT2D eigenvalue weighted by atomic mass is 10.1. The van der Waals surface area contributed by atoms with Crippen molar-refractivity contribution < 1.29 is 14.0 Å². The summed E-state index contributed by atoms with van der Waals surface area (Å²) in [6, 6.07) is 12.9. The highest BCUT2D eigenvalue weighted by Gasteiger charge is 2.19. The van der Waals surface area contributed by atoms with Crippen molar-refractivity contribution in [2.75, 3.05) is 35.7 Å². The molecule has 0 aliphatic carbocycles. The molecule has 0 atom stereocenters. The summed E-state index contributed by atoms with van der Waals surface area (Å²) in [7, 11) is 0. The molecule has 0 saturated carbocycles. The van der Waals surface area contributed by atoms with Gasteiger partial charge < -0.3 is 14.6 Å². The zero-order valence-electron chi connectivity index (χ0n) is 16.0. The molecule has 29 heavy (non-hydrogen) atoms. The van der Waals surface area contributed by atoms with Gasteiger partial charge in [-0.15, -0.1) is 0 Å². The summed E-state index contributed by atoms with van der Waals surface area (Å²) in [6.07, 6.45) is 0. The highest BCUT2D eigenvalue weighted by atomic mass is 32.2. The maximum atomic E-state index is 12.6. The van der Waals surface area contributed by atoms with Crippen LogP contribution in [0.1, 0.15) is 15.9 Å². The quantitative estimate of drug-likeness (QED) is 0.619. The highest BCUT2D eigenvalue weighted by Crippen LogP contribution is 2.24. The lowest BCUT2D eigenvalue weighted by Gasteiger charge is -2.26. The van der Waals surface area contributed by atoms with Crippen LogP contribution >= 0.6 is 23.5 Å². The molecule has 3 aromatic rings. The Hall–Kier alpha value is -2.45. The number of oxazole rings is 1. The van der Waals surface area contributed by atoms with E-state index < -0.39 is 0 Å². The second kappa shape index (κ2) is 8.92. The van der Waals surface area contributed by atoms with Crippen LogP contribution in [0.4, 0.5) is 5.69 Å². The smallest absolute Gasteiger partial charge is 0.257 e. The Morgan fingerprint density at radius 2 is 2.00 bits per heavy atom. The zero-order valence-corrected chi connectivity index (χ0v) is 17.6. The number of rotatable bonds is 5. The molecule has 150 valence electrons. The summed E-state index contributed by atoms with van der Waals surface area (Å²) in [5, 5.41) is 3.37. The van der Waals surface area contributed by atoms with Crippen molar-refractivity contribution in [3.63, 3.8) is 0 Å². The van der Waals surface area contributed by atoms with Gasteiger partial charge in [0.15, 0.2) is 5.58 Å². The van der Waals surface area contributed by atoms with Gasteiger partial charge in [-0.25, -0.2) is 4.98 Å². The molecular weight excluding hydrogens is 406 g/mol. The summed E-state index contributed by atoms with van der Waals surface area (Å²) >= 11 is 3.13. The summed E-state index contributed by atoms with van der Waals surface area (Å²) < 4.78 is 5.62. The number of hydrogen-bond acceptors (Lipinski definition) is 6. The van der Waals surface area contributed by atoms with Gasteiger partial charge in [0.05, 0.1) is 5.75 Å². The maximum absolute atomic E-state index is 12.6. The van der Waals surface area contributed by atoms with E-state index in [1.165, 1.54) is 11.8 Å². The van der Waals surface area contributed by atoms with Crippen LogP contribution in [0.25, 0.3) is 11.1 Å². The molecule has 1 aliphatic rings. The molecule has 1 aliphatic heterocycles. The summed E-state index contributed by atoms with van der Waals surface area (Å²) in [5.41, 5.74) is 3.72. The van der Waals surface area contributed by atoms with Crippen LogP contribution in [0, 0.1) is 6.92 Å². The number of aryl methyl sites for hydroxylation is 1. The average molecular weight is 428 g/mol. The minimum atomic E-state index is -0.146. The molecule has 1 N–H and O–H groups in total. The lowest BCUT2D eigenvalue weighted by molar-refractivity contribution is -0.113. The van der Waals surface area contributed by atoms with E-state index in [4.69, 9.17) is 4.42 Å². The molecule has 8 heteroatoms. The third-order valence-electron chi connectivity index (χ3n) is 4.65. The fraction of sp³-hybridized carbons (Fsp3) is 0.286. The Balaban J connectivity index is 1.35. The van der Waals surface area contributed by atoms with E-state index in [9.17, 15) is 9.59 Å². The van der Waals surface area contributed by atoms with Gasteiger partial charge in [0.1, 0.15) is 5.52 Å². The number of carbonyl (C=O) groups is 2. The van der Waals surface area contributed by atoms with Crippen molar-refractivity contribution >= 4 is 52.1 Å². The normalized spacial score (nSPS) is 14.2. The number of hydrogen-bond donors (Lipinski definition) is 1. The third-order valence-corrected chi connectivity index (χ3v) is 6.42. The number of carbonyl (C=O) groups excluding carboxylic acids is 2. The first-order chi connectivity index (χ1) is 14.1. The molecule has 1 aromatic heterocycles. The molecule has 0 spiro atoms. The first kappa shape index (κ1) is 19.8. The topological polar surface area (TPSA) is 75.4 Å². The molecule has 2 heterocycles. The van der Waals surface area contributed by atoms with Crippen LogP contribution in [0.2, 0.25) is 0 Å². The van der Waals surface area contributed by atoms with Crippen molar-refractivity contribution in [2.24, 2.45) is 0 Å². The third kappa shape index (κ3) is 4.76. The molecule has 0 radical (unpaired) electrons. The first-order valence-electron chi connectivity index (χ1n) is 9.36. The second-order valence-electron chi connectivity index (χ2n) is 6.72. The van der Waals surface area contributed by atoms with Crippen LogP contribution in [0.5, 0.6) is 0 Å². The minimum absolute atomic E-state index is 0.0535. The largest absolute Gasteiger partial charge is 0.431 e. The Bertz CT molecular complexity index is 1010. The molecule has 6 nitrogen and oxygen atoms in total. The predicted octanol–water partition coefficient (Wildman–Crippen LogP) is 4.06.